The SMILES string of the molecule is C#CCOc1ccc(-c2nc3ncccc3[nH]2)c(OC(C(=O)OCC)C(=O)OCC)c1. The molecule has 0 atom stereocenters. The van der Waals surface area contributed by atoms with Gasteiger partial charge in [-0.2, -0.15) is 0 Å². The van der Waals surface area contributed by atoms with Crippen LogP contribution in [0.4, 0.5) is 0 Å². The number of pyridine rings is 1. The van der Waals surface area contributed by atoms with Crippen LogP contribution in [0.3, 0.4) is 0 Å². The van der Waals surface area contributed by atoms with Crippen LogP contribution in [-0.4, -0.2) is 52.8 Å². The van der Waals surface area contributed by atoms with Gasteiger partial charge in [-0.25, -0.2) is 19.6 Å². The highest BCUT2D eigenvalue weighted by Gasteiger charge is 2.33. The van der Waals surface area contributed by atoms with E-state index in [1.165, 1.54) is 6.07 Å². The van der Waals surface area contributed by atoms with Gasteiger partial charge in [-0.1, -0.05) is 5.92 Å². The van der Waals surface area contributed by atoms with Gasteiger partial charge in [-0.05, 0) is 38.1 Å². The summed E-state index contributed by atoms with van der Waals surface area (Å²) in [5, 5.41) is 0. The van der Waals surface area contributed by atoms with E-state index in [0.29, 0.717) is 28.3 Å². The lowest BCUT2D eigenvalue weighted by molar-refractivity contribution is -0.166. The van der Waals surface area contributed by atoms with Crippen LogP contribution in [0, 0.1) is 12.3 Å². The summed E-state index contributed by atoms with van der Waals surface area (Å²) < 4.78 is 21.2. The molecule has 3 aromatic rings. The normalized spacial score (nSPS) is 10.5. The third kappa shape index (κ3) is 5.11. The molecule has 3 rings (SSSR count). The maximum absolute atomic E-state index is 12.4. The lowest BCUT2D eigenvalue weighted by Gasteiger charge is -2.18. The van der Waals surface area contributed by atoms with Crippen molar-refractivity contribution in [3.8, 4) is 35.2 Å². The van der Waals surface area contributed by atoms with Crippen molar-refractivity contribution < 1.29 is 28.5 Å². The van der Waals surface area contributed by atoms with Crippen molar-refractivity contribution in [2.45, 2.75) is 20.0 Å². The maximum atomic E-state index is 12.4. The quantitative estimate of drug-likeness (QED) is 0.317. The molecule has 2 heterocycles. The number of aromatic nitrogens is 3. The minimum Gasteiger partial charge on any atom is -0.481 e. The first-order chi connectivity index (χ1) is 15.1. The second kappa shape index (κ2) is 10.1. The Labute approximate surface area is 178 Å². The van der Waals surface area contributed by atoms with Gasteiger partial charge in [-0.3, -0.25) is 0 Å². The Kier molecular flexibility index (Phi) is 7.06. The molecule has 0 spiro atoms. The second-order valence-electron chi connectivity index (χ2n) is 6.11. The number of fused-ring (bicyclic) bond motifs is 1. The van der Waals surface area contributed by atoms with Crippen molar-refractivity contribution in [2.75, 3.05) is 19.8 Å². The largest absolute Gasteiger partial charge is 0.481 e. The number of ether oxygens (including phenoxy) is 4. The highest BCUT2D eigenvalue weighted by molar-refractivity contribution is 5.98. The van der Waals surface area contributed by atoms with Gasteiger partial charge < -0.3 is 23.9 Å². The summed E-state index contributed by atoms with van der Waals surface area (Å²) in [5.74, 6) is 1.61. The number of aromatic amines is 1. The summed E-state index contributed by atoms with van der Waals surface area (Å²) in [4.78, 5) is 36.5. The fraction of sp³-hybridized carbons (Fsp3) is 0.273. The van der Waals surface area contributed by atoms with E-state index in [1.54, 1.807) is 38.2 Å². The lowest BCUT2D eigenvalue weighted by Crippen LogP contribution is -2.38. The van der Waals surface area contributed by atoms with Crippen LogP contribution in [0.1, 0.15) is 13.8 Å². The van der Waals surface area contributed by atoms with E-state index in [1.807, 2.05) is 6.07 Å². The van der Waals surface area contributed by atoms with Crippen LogP contribution in [0.15, 0.2) is 36.5 Å². The molecular weight excluding hydrogens is 402 g/mol. The number of hydrogen-bond acceptors (Lipinski definition) is 8. The molecule has 0 bridgehead atoms. The molecule has 0 fully saturated rings. The first-order valence-electron chi connectivity index (χ1n) is 9.58. The molecule has 0 unspecified atom stereocenters. The standard InChI is InChI=1S/C22H21N3O6/c1-4-12-30-14-9-10-15(19-24-16-8-7-11-23-20(16)25-19)17(13-14)31-18(21(26)28-5-2)22(27)29-6-3/h1,7-11,13,18H,5-6,12H2,2-3H3,(H,23,24,25). The fourth-order valence-corrected chi connectivity index (χ4v) is 2.74. The molecule has 0 saturated carbocycles. The van der Waals surface area contributed by atoms with E-state index in [2.05, 4.69) is 20.9 Å². The Morgan fingerprint density at radius 2 is 1.90 bits per heavy atom. The molecule has 0 radical (unpaired) electrons. The van der Waals surface area contributed by atoms with Crippen molar-refractivity contribution in [2.24, 2.45) is 0 Å². The van der Waals surface area contributed by atoms with E-state index >= 15 is 0 Å². The molecule has 31 heavy (non-hydrogen) atoms. The Morgan fingerprint density at radius 1 is 1.16 bits per heavy atom. The van der Waals surface area contributed by atoms with Gasteiger partial charge in [0, 0.05) is 12.3 Å². The molecule has 2 aromatic heterocycles. The minimum absolute atomic E-state index is 0.0343. The van der Waals surface area contributed by atoms with Gasteiger partial charge in [-0.15, -0.1) is 6.42 Å². The summed E-state index contributed by atoms with van der Waals surface area (Å²) in [7, 11) is 0. The van der Waals surface area contributed by atoms with Crippen molar-refractivity contribution in [1.82, 2.24) is 15.0 Å². The number of carbonyl (C=O) groups is 2. The Morgan fingerprint density at radius 3 is 2.55 bits per heavy atom. The zero-order valence-corrected chi connectivity index (χ0v) is 17.1. The molecule has 0 aliphatic rings. The average Bonchev–Trinajstić information content (AvgIpc) is 3.20. The van der Waals surface area contributed by atoms with Crippen LogP contribution < -0.4 is 9.47 Å². The number of carbonyl (C=O) groups excluding carboxylic acids is 2. The van der Waals surface area contributed by atoms with E-state index in [4.69, 9.17) is 25.4 Å². The van der Waals surface area contributed by atoms with Crippen molar-refractivity contribution in [3.63, 3.8) is 0 Å². The van der Waals surface area contributed by atoms with Crippen LogP contribution in [0.5, 0.6) is 11.5 Å². The second-order valence-corrected chi connectivity index (χ2v) is 6.11. The zero-order valence-electron chi connectivity index (χ0n) is 17.1. The molecule has 1 N–H and O–H groups in total. The number of imidazole rings is 1. The number of terminal acetylenes is 1. The molecule has 0 aliphatic heterocycles. The Bertz CT molecular complexity index is 1070. The minimum atomic E-state index is -1.62. The molecule has 0 amide bonds. The lowest BCUT2D eigenvalue weighted by atomic mass is 10.1. The number of rotatable bonds is 9. The number of esters is 2. The van der Waals surface area contributed by atoms with Gasteiger partial charge in [0.25, 0.3) is 6.10 Å². The molecule has 0 aliphatic carbocycles. The zero-order chi connectivity index (χ0) is 22.2. The van der Waals surface area contributed by atoms with Gasteiger partial charge in [0.15, 0.2) is 5.65 Å². The average molecular weight is 423 g/mol. The van der Waals surface area contributed by atoms with Crippen molar-refractivity contribution >= 4 is 23.1 Å². The van der Waals surface area contributed by atoms with Crippen LogP contribution in [0.25, 0.3) is 22.6 Å². The smallest absolute Gasteiger partial charge is 0.359 e. The summed E-state index contributed by atoms with van der Waals surface area (Å²) in [5.41, 5.74) is 1.69. The van der Waals surface area contributed by atoms with Crippen molar-refractivity contribution in [1.29, 1.82) is 0 Å². The number of nitrogens with one attached hydrogen (secondary N) is 1. The molecule has 0 saturated heterocycles. The van der Waals surface area contributed by atoms with Crippen molar-refractivity contribution in [3.05, 3.63) is 36.5 Å². The number of H-pyrrole nitrogens is 1. The Balaban J connectivity index is 2.04. The molecule has 160 valence electrons. The van der Waals surface area contributed by atoms with E-state index in [-0.39, 0.29) is 25.6 Å². The van der Waals surface area contributed by atoms with E-state index in [9.17, 15) is 9.59 Å². The van der Waals surface area contributed by atoms with Gasteiger partial charge in [0.2, 0.25) is 0 Å². The third-order valence-corrected chi connectivity index (χ3v) is 4.03. The van der Waals surface area contributed by atoms with Gasteiger partial charge in [0.05, 0.1) is 24.3 Å². The maximum Gasteiger partial charge on any atom is 0.359 e. The Hall–Kier alpha value is -4.06. The molecule has 9 heteroatoms. The molecular formula is C22H21N3O6. The monoisotopic (exact) mass is 423 g/mol. The number of nitrogens with zero attached hydrogens (tertiary/aromatic N) is 2. The molecule has 9 nitrogen and oxygen atoms in total. The first-order valence-corrected chi connectivity index (χ1v) is 9.58. The van der Waals surface area contributed by atoms with E-state index < -0.39 is 18.0 Å². The van der Waals surface area contributed by atoms with E-state index in [0.717, 1.165) is 0 Å². The predicted octanol–water partition coefficient (Wildman–Crippen LogP) is 2.51. The fourth-order valence-electron chi connectivity index (χ4n) is 2.74. The predicted molar refractivity (Wildman–Crippen MR) is 111 cm³/mol. The van der Waals surface area contributed by atoms with Crippen LogP contribution in [-0.2, 0) is 19.1 Å². The third-order valence-electron chi connectivity index (χ3n) is 4.03. The van der Waals surface area contributed by atoms with Gasteiger partial charge >= 0.3 is 11.9 Å². The van der Waals surface area contributed by atoms with Gasteiger partial charge in [0.1, 0.15) is 23.9 Å². The molecule has 1 aromatic carbocycles. The number of hydrogen-bond donors (Lipinski definition) is 1. The highest BCUT2D eigenvalue weighted by Crippen LogP contribution is 2.34. The summed E-state index contributed by atoms with van der Waals surface area (Å²) in [6, 6.07) is 8.45. The number of benzene rings is 1. The summed E-state index contributed by atoms with van der Waals surface area (Å²) in [6.07, 6.45) is 5.26. The topological polar surface area (TPSA) is 113 Å². The first kappa shape index (κ1) is 21.6. The van der Waals surface area contributed by atoms with Crippen LogP contribution in [0.2, 0.25) is 0 Å². The summed E-state index contributed by atoms with van der Waals surface area (Å²) in [6.45, 7) is 3.44. The van der Waals surface area contributed by atoms with Crippen LogP contribution >= 0.6 is 0 Å². The highest BCUT2D eigenvalue weighted by atomic mass is 16.6. The summed E-state index contributed by atoms with van der Waals surface area (Å²) >= 11 is 0.